The lowest BCUT2D eigenvalue weighted by molar-refractivity contribution is 0.0235. The second-order valence-electron chi connectivity index (χ2n) is 6.32. The predicted molar refractivity (Wildman–Crippen MR) is 112 cm³/mol. The highest BCUT2D eigenvalue weighted by atomic mass is 32.1. The van der Waals surface area contributed by atoms with Crippen molar-refractivity contribution in [1.82, 2.24) is 15.0 Å². The van der Waals surface area contributed by atoms with Gasteiger partial charge in [0.05, 0.1) is 22.1 Å². The number of anilines is 2. The van der Waals surface area contributed by atoms with Crippen molar-refractivity contribution in [3.8, 4) is 11.5 Å². The Kier molecular flexibility index (Phi) is 5.55. The third-order valence-electron chi connectivity index (χ3n) is 4.18. The van der Waals surface area contributed by atoms with E-state index in [9.17, 15) is 5.11 Å². The summed E-state index contributed by atoms with van der Waals surface area (Å²) in [4.78, 5) is 12.8. The van der Waals surface area contributed by atoms with Crippen molar-refractivity contribution in [2.75, 3.05) is 5.32 Å². The maximum absolute atomic E-state index is 9.52. The first-order valence-electron chi connectivity index (χ1n) is 8.89. The van der Waals surface area contributed by atoms with Gasteiger partial charge in [-0.1, -0.05) is 6.07 Å². The minimum absolute atomic E-state index is 0.432. The van der Waals surface area contributed by atoms with Crippen LogP contribution in [-0.2, 0) is 6.61 Å². The third-order valence-corrected chi connectivity index (χ3v) is 4.82. The summed E-state index contributed by atoms with van der Waals surface area (Å²) in [5, 5.41) is 15.5. The van der Waals surface area contributed by atoms with Gasteiger partial charge in [-0.3, -0.25) is 0 Å². The van der Waals surface area contributed by atoms with Crippen LogP contribution < -0.4 is 14.8 Å². The normalized spacial score (nSPS) is 12.0. The molecule has 1 radical (unpaired) electrons. The lowest BCUT2D eigenvalue weighted by Gasteiger charge is -2.15. The van der Waals surface area contributed by atoms with Crippen molar-refractivity contribution in [2.45, 2.75) is 19.8 Å². The number of thiazole rings is 1. The van der Waals surface area contributed by atoms with E-state index in [2.05, 4.69) is 27.2 Å². The first-order valence-corrected chi connectivity index (χ1v) is 9.83. The average molecular weight is 407 g/mol. The fourth-order valence-electron chi connectivity index (χ4n) is 2.90. The van der Waals surface area contributed by atoms with Crippen molar-refractivity contribution in [2.24, 2.45) is 0 Å². The molecule has 0 fully saturated rings. The molecule has 29 heavy (non-hydrogen) atoms. The lowest BCUT2D eigenvalue weighted by atomic mass is 10.1. The van der Waals surface area contributed by atoms with E-state index >= 15 is 0 Å². The fraction of sp³-hybridized carbons (Fsp3) is 0.143. The Balaban J connectivity index is 1.59. The van der Waals surface area contributed by atoms with E-state index in [1.54, 1.807) is 29.0 Å². The van der Waals surface area contributed by atoms with Gasteiger partial charge in [-0.05, 0) is 42.8 Å². The molecule has 0 aliphatic rings. The van der Waals surface area contributed by atoms with Gasteiger partial charge in [0.1, 0.15) is 30.3 Å². The number of nitrogens with zero attached hydrogens (tertiary/aromatic N) is 3. The van der Waals surface area contributed by atoms with Crippen LogP contribution in [0.15, 0.2) is 53.6 Å². The molecule has 0 amide bonds. The molecule has 0 spiro atoms. The molecule has 4 rings (SSSR count). The van der Waals surface area contributed by atoms with Crippen LogP contribution >= 0.6 is 11.3 Å². The van der Waals surface area contributed by atoms with E-state index in [1.807, 2.05) is 36.6 Å². The SMILES string of the molecule is [CH2]C(O)Oc1cccc2ncnc(Nc3ccc(OCc4cscn4)c(C)c3)c12. The van der Waals surface area contributed by atoms with Gasteiger partial charge < -0.3 is 19.9 Å². The number of ether oxygens (including phenoxy) is 2. The molecule has 7 nitrogen and oxygen atoms in total. The first kappa shape index (κ1) is 19.1. The highest BCUT2D eigenvalue weighted by Crippen LogP contribution is 2.33. The number of benzene rings is 2. The van der Waals surface area contributed by atoms with Gasteiger partial charge >= 0.3 is 0 Å². The molecular weight excluding hydrogens is 388 g/mol. The summed E-state index contributed by atoms with van der Waals surface area (Å²) in [6, 6.07) is 11.2. The van der Waals surface area contributed by atoms with Crippen LogP contribution in [0.3, 0.4) is 0 Å². The zero-order valence-electron chi connectivity index (χ0n) is 15.7. The molecule has 2 aromatic heterocycles. The molecule has 4 aromatic rings. The standard InChI is InChI=1S/C21H19N4O3S/c1-13-8-15(6-7-18(13)27-9-16-10-29-12-24-16)25-21-20-17(22-11-23-21)4-3-5-19(20)28-14(2)26/h3-8,10-12,14,26H,2,9H2,1H3,(H,22,23,25). The monoisotopic (exact) mass is 407 g/mol. The van der Waals surface area contributed by atoms with Crippen molar-refractivity contribution in [1.29, 1.82) is 0 Å². The van der Waals surface area contributed by atoms with Gasteiger partial charge in [0.25, 0.3) is 0 Å². The fourth-order valence-corrected chi connectivity index (χ4v) is 3.45. The van der Waals surface area contributed by atoms with Crippen LogP contribution in [0.4, 0.5) is 11.5 Å². The summed E-state index contributed by atoms with van der Waals surface area (Å²) in [5.41, 5.74) is 5.21. The number of aromatic nitrogens is 3. The molecule has 2 aromatic carbocycles. The van der Waals surface area contributed by atoms with Gasteiger partial charge in [0, 0.05) is 18.0 Å². The van der Waals surface area contributed by atoms with Gasteiger partial charge in [0.2, 0.25) is 0 Å². The van der Waals surface area contributed by atoms with E-state index in [0.29, 0.717) is 29.1 Å². The zero-order chi connectivity index (χ0) is 20.2. The van der Waals surface area contributed by atoms with Gasteiger partial charge in [-0.15, -0.1) is 11.3 Å². The van der Waals surface area contributed by atoms with Crippen molar-refractivity contribution in [3.63, 3.8) is 0 Å². The van der Waals surface area contributed by atoms with Crippen LogP contribution in [-0.4, -0.2) is 26.3 Å². The number of nitrogens with one attached hydrogen (secondary N) is 1. The molecule has 1 unspecified atom stereocenters. The molecule has 1 atom stereocenters. The number of aliphatic hydroxyl groups is 1. The van der Waals surface area contributed by atoms with Crippen molar-refractivity contribution >= 4 is 33.7 Å². The first-order chi connectivity index (χ1) is 14.1. The number of fused-ring (bicyclic) bond motifs is 1. The molecule has 2 N–H and O–H groups in total. The molecule has 0 saturated heterocycles. The highest BCUT2D eigenvalue weighted by molar-refractivity contribution is 7.07. The third kappa shape index (κ3) is 4.44. The van der Waals surface area contributed by atoms with E-state index in [-0.39, 0.29) is 0 Å². The van der Waals surface area contributed by atoms with Gasteiger partial charge in [-0.2, -0.15) is 0 Å². The molecule has 2 heterocycles. The molecule has 8 heteroatoms. The number of aryl methyl sites for hydroxylation is 1. The number of hydrogen-bond acceptors (Lipinski definition) is 8. The minimum Gasteiger partial charge on any atom is -0.487 e. The van der Waals surface area contributed by atoms with Crippen LogP contribution in [0.1, 0.15) is 11.3 Å². The van der Waals surface area contributed by atoms with Gasteiger partial charge in [-0.25, -0.2) is 15.0 Å². The second-order valence-corrected chi connectivity index (χ2v) is 7.04. The van der Waals surface area contributed by atoms with Crippen LogP contribution in [0.5, 0.6) is 11.5 Å². The molecule has 0 aliphatic heterocycles. The Hall–Kier alpha value is -3.23. The van der Waals surface area contributed by atoms with E-state index < -0.39 is 6.29 Å². The Morgan fingerprint density at radius 2 is 2.07 bits per heavy atom. The number of aliphatic hydroxyl groups excluding tert-OH is 1. The molecule has 0 bridgehead atoms. The van der Waals surface area contributed by atoms with Crippen LogP contribution in [0.25, 0.3) is 10.9 Å². The summed E-state index contributed by atoms with van der Waals surface area (Å²) in [7, 11) is 0. The Morgan fingerprint density at radius 3 is 2.83 bits per heavy atom. The predicted octanol–water partition coefficient (Wildman–Crippen LogP) is 4.25. The van der Waals surface area contributed by atoms with Crippen LogP contribution in [0.2, 0.25) is 0 Å². The summed E-state index contributed by atoms with van der Waals surface area (Å²) < 4.78 is 11.3. The maximum Gasteiger partial charge on any atom is 0.197 e. The Morgan fingerprint density at radius 1 is 1.17 bits per heavy atom. The number of rotatable bonds is 7. The minimum atomic E-state index is -1.19. The Bertz CT molecular complexity index is 1110. The van der Waals surface area contributed by atoms with Crippen molar-refractivity contribution < 1.29 is 14.6 Å². The lowest BCUT2D eigenvalue weighted by Crippen LogP contribution is -2.11. The van der Waals surface area contributed by atoms with Crippen molar-refractivity contribution in [3.05, 3.63) is 71.8 Å². The van der Waals surface area contributed by atoms with Crippen LogP contribution in [0, 0.1) is 13.8 Å². The summed E-state index contributed by atoms with van der Waals surface area (Å²) in [6.07, 6.45) is 0.290. The second kappa shape index (κ2) is 8.42. The molecule has 0 saturated carbocycles. The molecule has 147 valence electrons. The van der Waals surface area contributed by atoms with E-state index in [0.717, 1.165) is 22.7 Å². The highest BCUT2D eigenvalue weighted by Gasteiger charge is 2.12. The topological polar surface area (TPSA) is 89.4 Å². The Labute approximate surface area is 172 Å². The smallest absolute Gasteiger partial charge is 0.197 e. The summed E-state index contributed by atoms with van der Waals surface area (Å²) in [6.45, 7) is 5.88. The maximum atomic E-state index is 9.52. The van der Waals surface area contributed by atoms with E-state index in [1.165, 1.54) is 6.33 Å². The zero-order valence-corrected chi connectivity index (χ0v) is 16.5. The largest absolute Gasteiger partial charge is 0.487 e. The van der Waals surface area contributed by atoms with Gasteiger partial charge in [0.15, 0.2) is 6.29 Å². The average Bonchev–Trinajstić information content (AvgIpc) is 3.21. The molecule has 0 aliphatic carbocycles. The summed E-state index contributed by atoms with van der Waals surface area (Å²) >= 11 is 1.55. The molecular formula is C21H19N4O3S. The number of hydrogen-bond donors (Lipinski definition) is 2. The van der Waals surface area contributed by atoms with E-state index in [4.69, 9.17) is 9.47 Å². The quantitative estimate of drug-likeness (QED) is 0.443. The summed E-state index contributed by atoms with van der Waals surface area (Å²) in [5.74, 6) is 1.81.